The molecule has 0 radical (unpaired) electrons. The van der Waals surface area contributed by atoms with Crippen LogP contribution in [0.3, 0.4) is 0 Å². The van der Waals surface area contributed by atoms with Crippen molar-refractivity contribution < 1.29 is 9.50 Å². The lowest BCUT2D eigenvalue weighted by atomic mass is 9.81. The fourth-order valence-electron chi connectivity index (χ4n) is 3.08. The van der Waals surface area contributed by atoms with Gasteiger partial charge in [-0.15, -0.1) is 0 Å². The van der Waals surface area contributed by atoms with E-state index < -0.39 is 5.60 Å². The Hall–Kier alpha value is -1.19. The molecule has 0 saturated carbocycles. The Morgan fingerprint density at radius 3 is 2.60 bits per heavy atom. The van der Waals surface area contributed by atoms with E-state index in [2.05, 4.69) is 15.9 Å². The van der Waals surface area contributed by atoms with E-state index in [4.69, 9.17) is 0 Å². The van der Waals surface area contributed by atoms with Gasteiger partial charge in [0.05, 0.1) is 4.47 Å². The Morgan fingerprint density at radius 1 is 1.00 bits per heavy atom. The second-order valence-electron chi connectivity index (χ2n) is 5.33. The van der Waals surface area contributed by atoms with Crippen molar-refractivity contribution in [3.05, 3.63) is 69.4 Å². The van der Waals surface area contributed by atoms with Crippen molar-refractivity contribution in [3.8, 4) is 0 Å². The number of hydrogen-bond donors (Lipinski definition) is 1. The SMILES string of the molecule is OC1(c2cccc(Br)c2F)CCCCc2ccccc21. The van der Waals surface area contributed by atoms with Crippen LogP contribution in [0.2, 0.25) is 0 Å². The summed E-state index contributed by atoms with van der Waals surface area (Å²) in [4.78, 5) is 0. The van der Waals surface area contributed by atoms with Crippen LogP contribution in [0.25, 0.3) is 0 Å². The van der Waals surface area contributed by atoms with Crippen molar-refractivity contribution in [2.24, 2.45) is 0 Å². The first-order valence-corrected chi connectivity index (χ1v) is 7.67. The predicted molar refractivity (Wildman–Crippen MR) is 81.1 cm³/mol. The standard InChI is InChI=1S/C17H16BrFO/c18-15-10-5-9-14(16(15)19)17(20)11-4-3-7-12-6-1-2-8-13(12)17/h1-2,5-6,8-10,20H,3-4,7,11H2. The second kappa shape index (κ2) is 5.30. The molecule has 104 valence electrons. The van der Waals surface area contributed by atoms with Crippen molar-refractivity contribution in [1.82, 2.24) is 0 Å². The maximum absolute atomic E-state index is 14.5. The second-order valence-corrected chi connectivity index (χ2v) is 6.18. The maximum atomic E-state index is 14.5. The van der Waals surface area contributed by atoms with E-state index in [9.17, 15) is 9.50 Å². The number of fused-ring (bicyclic) bond motifs is 1. The number of rotatable bonds is 1. The highest BCUT2D eigenvalue weighted by atomic mass is 79.9. The minimum absolute atomic E-state index is 0.362. The predicted octanol–water partition coefficient (Wildman–Crippen LogP) is 4.55. The van der Waals surface area contributed by atoms with Crippen LogP contribution >= 0.6 is 15.9 Å². The van der Waals surface area contributed by atoms with Crippen LogP contribution < -0.4 is 0 Å². The lowest BCUT2D eigenvalue weighted by molar-refractivity contribution is 0.0664. The Balaban J connectivity index is 2.22. The molecule has 0 amide bonds. The van der Waals surface area contributed by atoms with Gasteiger partial charge >= 0.3 is 0 Å². The van der Waals surface area contributed by atoms with E-state index in [-0.39, 0.29) is 5.82 Å². The van der Waals surface area contributed by atoms with Gasteiger partial charge in [0.1, 0.15) is 11.4 Å². The smallest absolute Gasteiger partial charge is 0.143 e. The summed E-state index contributed by atoms with van der Waals surface area (Å²) in [6.07, 6.45) is 3.40. The number of hydrogen-bond acceptors (Lipinski definition) is 1. The largest absolute Gasteiger partial charge is 0.380 e. The van der Waals surface area contributed by atoms with Gasteiger partial charge in [-0.3, -0.25) is 0 Å². The van der Waals surface area contributed by atoms with Crippen LogP contribution in [0, 0.1) is 5.82 Å². The molecule has 1 N–H and O–H groups in total. The van der Waals surface area contributed by atoms with Crippen LogP contribution in [0.4, 0.5) is 4.39 Å². The van der Waals surface area contributed by atoms with Crippen molar-refractivity contribution in [2.75, 3.05) is 0 Å². The Labute approximate surface area is 126 Å². The van der Waals surface area contributed by atoms with Gasteiger partial charge in [0.15, 0.2) is 0 Å². The van der Waals surface area contributed by atoms with Crippen LogP contribution in [0.15, 0.2) is 46.9 Å². The summed E-state index contributed by atoms with van der Waals surface area (Å²) in [5, 5.41) is 11.2. The molecule has 0 heterocycles. The van der Waals surface area contributed by atoms with Gasteiger partial charge in [-0.05, 0) is 58.8 Å². The Bertz CT molecular complexity index is 641. The summed E-state index contributed by atoms with van der Waals surface area (Å²) in [7, 11) is 0. The molecule has 0 aromatic heterocycles. The molecule has 3 heteroatoms. The average molecular weight is 335 g/mol. The number of aliphatic hydroxyl groups is 1. The van der Waals surface area contributed by atoms with Gasteiger partial charge < -0.3 is 5.11 Å². The highest BCUT2D eigenvalue weighted by Gasteiger charge is 2.37. The molecular formula is C17H16BrFO. The fraction of sp³-hybridized carbons (Fsp3) is 0.294. The van der Waals surface area contributed by atoms with Crippen LogP contribution in [0.1, 0.15) is 36.0 Å². The minimum atomic E-state index is -1.24. The molecule has 2 aromatic rings. The summed E-state index contributed by atoms with van der Waals surface area (Å²) < 4.78 is 14.8. The molecule has 1 aliphatic carbocycles. The van der Waals surface area contributed by atoms with Gasteiger partial charge in [0, 0.05) is 5.56 Å². The summed E-state index contributed by atoms with van der Waals surface area (Å²) in [6.45, 7) is 0. The first kappa shape index (κ1) is 13.8. The molecule has 2 aromatic carbocycles. The van der Waals surface area contributed by atoms with Crippen LogP contribution in [-0.4, -0.2) is 5.11 Å². The summed E-state index contributed by atoms with van der Waals surface area (Å²) in [5.41, 5.74) is 1.09. The number of benzene rings is 2. The monoisotopic (exact) mass is 334 g/mol. The molecule has 1 nitrogen and oxygen atoms in total. The van der Waals surface area contributed by atoms with Gasteiger partial charge in [-0.2, -0.15) is 0 Å². The van der Waals surface area contributed by atoms with E-state index in [1.165, 1.54) is 0 Å². The van der Waals surface area contributed by atoms with Gasteiger partial charge in [0.25, 0.3) is 0 Å². The molecular weight excluding hydrogens is 319 g/mol. The third-order valence-electron chi connectivity index (χ3n) is 4.09. The first-order valence-electron chi connectivity index (χ1n) is 6.88. The van der Waals surface area contributed by atoms with E-state index in [0.29, 0.717) is 16.5 Å². The zero-order chi connectivity index (χ0) is 14.2. The van der Waals surface area contributed by atoms with Gasteiger partial charge in [-0.25, -0.2) is 4.39 Å². The average Bonchev–Trinajstić information content (AvgIpc) is 2.63. The highest BCUT2D eigenvalue weighted by molar-refractivity contribution is 9.10. The lowest BCUT2D eigenvalue weighted by Crippen LogP contribution is -2.29. The molecule has 1 atom stereocenters. The highest BCUT2D eigenvalue weighted by Crippen LogP contribution is 2.41. The molecule has 0 fully saturated rings. The zero-order valence-corrected chi connectivity index (χ0v) is 12.7. The summed E-state index contributed by atoms with van der Waals surface area (Å²) in [6, 6.07) is 12.9. The lowest BCUT2D eigenvalue weighted by Gasteiger charge is -2.30. The van der Waals surface area contributed by atoms with Gasteiger partial charge in [0.2, 0.25) is 0 Å². The first-order chi connectivity index (χ1) is 9.63. The van der Waals surface area contributed by atoms with Crippen molar-refractivity contribution in [1.29, 1.82) is 0 Å². The normalized spacial score (nSPS) is 22.1. The Kier molecular flexibility index (Phi) is 3.65. The van der Waals surface area contributed by atoms with E-state index in [1.54, 1.807) is 18.2 Å². The van der Waals surface area contributed by atoms with Gasteiger partial charge in [-0.1, -0.05) is 36.4 Å². The molecule has 1 aliphatic rings. The molecule has 0 spiro atoms. The van der Waals surface area contributed by atoms with E-state index >= 15 is 0 Å². The third-order valence-corrected chi connectivity index (χ3v) is 4.71. The fourth-order valence-corrected chi connectivity index (χ4v) is 3.44. The molecule has 1 unspecified atom stereocenters. The van der Waals surface area contributed by atoms with E-state index in [0.717, 1.165) is 30.4 Å². The third kappa shape index (κ3) is 2.19. The van der Waals surface area contributed by atoms with Crippen LogP contribution in [0.5, 0.6) is 0 Å². The molecule has 0 bridgehead atoms. The number of aryl methyl sites for hydroxylation is 1. The summed E-state index contributed by atoms with van der Waals surface area (Å²) >= 11 is 3.21. The summed E-state index contributed by atoms with van der Waals surface area (Å²) in [5.74, 6) is -0.369. The minimum Gasteiger partial charge on any atom is -0.380 e. The van der Waals surface area contributed by atoms with E-state index in [1.807, 2.05) is 24.3 Å². The molecule has 0 aliphatic heterocycles. The molecule has 3 rings (SSSR count). The van der Waals surface area contributed by atoms with Crippen molar-refractivity contribution in [3.63, 3.8) is 0 Å². The van der Waals surface area contributed by atoms with Crippen molar-refractivity contribution in [2.45, 2.75) is 31.3 Å². The maximum Gasteiger partial charge on any atom is 0.143 e. The zero-order valence-electron chi connectivity index (χ0n) is 11.1. The van der Waals surface area contributed by atoms with Crippen LogP contribution in [-0.2, 0) is 12.0 Å². The molecule has 20 heavy (non-hydrogen) atoms. The molecule has 0 saturated heterocycles. The van der Waals surface area contributed by atoms with Crippen molar-refractivity contribution >= 4 is 15.9 Å². The number of halogens is 2. The quantitative estimate of drug-likeness (QED) is 0.758. The topological polar surface area (TPSA) is 20.2 Å². The Morgan fingerprint density at radius 2 is 1.75 bits per heavy atom.